The lowest BCUT2D eigenvalue weighted by Crippen LogP contribution is -2.38. The molecule has 0 fully saturated rings. The van der Waals surface area contributed by atoms with E-state index in [0.29, 0.717) is 13.1 Å². The van der Waals surface area contributed by atoms with Gasteiger partial charge in [0.1, 0.15) is 6.54 Å². The zero-order chi connectivity index (χ0) is 12.1. The van der Waals surface area contributed by atoms with Crippen LogP contribution in [0.5, 0.6) is 0 Å². The normalized spacial score (nSPS) is 10.1. The minimum atomic E-state index is -0.396. The van der Waals surface area contributed by atoms with E-state index in [-0.39, 0.29) is 18.0 Å². The van der Waals surface area contributed by atoms with Crippen molar-refractivity contribution in [2.75, 3.05) is 13.1 Å². The van der Waals surface area contributed by atoms with Crippen LogP contribution in [-0.4, -0.2) is 33.7 Å². The van der Waals surface area contributed by atoms with Gasteiger partial charge >= 0.3 is 0 Å². The topological polar surface area (TPSA) is 75.2 Å². The van der Waals surface area contributed by atoms with Crippen molar-refractivity contribution < 1.29 is 4.79 Å². The molecule has 0 saturated carbocycles. The number of nitrogens with zero attached hydrogens (tertiary/aromatic N) is 2. The van der Waals surface area contributed by atoms with Gasteiger partial charge in [-0.2, -0.15) is 0 Å². The summed E-state index contributed by atoms with van der Waals surface area (Å²) in [6.07, 6.45) is 0. The molecule has 0 atom stereocenters. The van der Waals surface area contributed by atoms with E-state index in [4.69, 9.17) is 0 Å². The lowest BCUT2D eigenvalue weighted by molar-refractivity contribution is -0.131. The second kappa shape index (κ2) is 5.29. The molecule has 0 aliphatic heterocycles. The fraction of sp³-hybridized carbons (Fsp3) is 0.500. The Morgan fingerprint density at radius 2 is 1.94 bits per heavy atom. The first kappa shape index (κ1) is 12.2. The maximum atomic E-state index is 11.7. The van der Waals surface area contributed by atoms with Gasteiger partial charge in [0.05, 0.1) is 0 Å². The van der Waals surface area contributed by atoms with Crippen LogP contribution in [0, 0.1) is 0 Å². The van der Waals surface area contributed by atoms with Crippen LogP contribution < -0.4 is 11.1 Å². The van der Waals surface area contributed by atoms with Crippen LogP contribution in [0.25, 0.3) is 0 Å². The fourth-order valence-electron chi connectivity index (χ4n) is 1.39. The van der Waals surface area contributed by atoms with Crippen molar-refractivity contribution in [3.8, 4) is 0 Å². The molecule has 0 bridgehead atoms. The largest absolute Gasteiger partial charge is 0.342 e. The maximum absolute atomic E-state index is 11.7. The SMILES string of the molecule is CCN(CC)C(=O)Cn1[nH]c(=O)ccc1=O. The molecule has 88 valence electrons. The predicted octanol–water partition coefficient (Wildman–Crippen LogP) is -0.595. The van der Waals surface area contributed by atoms with Crippen LogP contribution in [-0.2, 0) is 11.3 Å². The number of H-pyrrole nitrogens is 1. The third kappa shape index (κ3) is 2.82. The number of aromatic nitrogens is 2. The molecule has 1 amide bonds. The number of hydrogen-bond donors (Lipinski definition) is 1. The van der Waals surface area contributed by atoms with E-state index in [1.807, 2.05) is 13.8 Å². The average molecular weight is 225 g/mol. The number of nitrogens with one attached hydrogen (secondary N) is 1. The van der Waals surface area contributed by atoms with E-state index in [1.54, 1.807) is 4.90 Å². The summed E-state index contributed by atoms with van der Waals surface area (Å²) in [5.74, 6) is -0.186. The summed E-state index contributed by atoms with van der Waals surface area (Å²) in [5, 5.41) is 2.31. The van der Waals surface area contributed by atoms with Crippen LogP contribution in [0.2, 0.25) is 0 Å². The smallest absolute Gasteiger partial charge is 0.265 e. The molecular weight excluding hydrogens is 210 g/mol. The highest BCUT2D eigenvalue weighted by molar-refractivity contribution is 5.75. The number of carbonyl (C=O) groups is 1. The van der Waals surface area contributed by atoms with E-state index < -0.39 is 5.56 Å². The Morgan fingerprint density at radius 1 is 1.31 bits per heavy atom. The molecule has 6 heteroatoms. The Bertz CT molecular complexity index is 471. The average Bonchev–Trinajstić information content (AvgIpc) is 2.25. The van der Waals surface area contributed by atoms with E-state index in [0.717, 1.165) is 16.8 Å². The van der Waals surface area contributed by atoms with Crippen molar-refractivity contribution in [3.63, 3.8) is 0 Å². The zero-order valence-electron chi connectivity index (χ0n) is 9.40. The molecule has 1 aromatic rings. The van der Waals surface area contributed by atoms with Crippen molar-refractivity contribution in [2.45, 2.75) is 20.4 Å². The Hall–Kier alpha value is -1.85. The molecule has 6 nitrogen and oxygen atoms in total. The van der Waals surface area contributed by atoms with E-state index >= 15 is 0 Å². The minimum Gasteiger partial charge on any atom is -0.342 e. The van der Waals surface area contributed by atoms with Crippen molar-refractivity contribution in [2.24, 2.45) is 0 Å². The summed E-state index contributed by atoms with van der Waals surface area (Å²) in [6, 6.07) is 2.29. The number of hydrogen-bond acceptors (Lipinski definition) is 3. The van der Waals surface area contributed by atoms with Crippen LogP contribution >= 0.6 is 0 Å². The van der Waals surface area contributed by atoms with Crippen molar-refractivity contribution in [3.05, 3.63) is 32.8 Å². The van der Waals surface area contributed by atoms with Crippen LogP contribution in [0.15, 0.2) is 21.7 Å². The Morgan fingerprint density at radius 3 is 2.50 bits per heavy atom. The standard InChI is InChI=1S/C10H15N3O3/c1-3-12(4-2)10(16)7-13-9(15)6-5-8(14)11-13/h5-6H,3-4,7H2,1-2H3,(H,11,14). The van der Waals surface area contributed by atoms with Gasteiger partial charge in [0.15, 0.2) is 0 Å². The lowest BCUT2D eigenvalue weighted by Gasteiger charge is -2.18. The second-order valence-electron chi connectivity index (χ2n) is 3.30. The highest BCUT2D eigenvalue weighted by Gasteiger charge is 2.10. The first-order valence-corrected chi connectivity index (χ1v) is 5.16. The van der Waals surface area contributed by atoms with Crippen LogP contribution in [0.3, 0.4) is 0 Å². The van der Waals surface area contributed by atoms with Gasteiger partial charge in [-0.1, -0.05) is 0 Å². The maximum Gasteiger partial charge on any atom is 0.265 e. The number of aromatic amines is 1. The monoisotopic (exact) mass is 225 g/mol. The molecule has 16 heavy (non-hydrogen) atoms. The molecule has 1 aromatic heterocycles. The minimum absolute atomic E-state index is 0.128. The highest BCUT2D eigenvalue weighted by atomic mass is 16.2. The summed E-state index contributed by atoms with van der Waals surface area (Å²) in [5.41, 5.74) is -0.785. The number of amides is 1. The molecule has 1 N–H and O–H groups in total. The van der Waals surface area contributed by atoms with E-state index in [2.05, 4.69) is 5.10 Å². The summed E-state index contributed by atoms with van der Waals surface area (Å²) >= 11 is 0. The van der Waals surface area contributed by atoms with Gasteiger partial charge in [-0.25, -0.2) is 4.68 Å². The molecule has 0 radical (unpaired) electrons. The fourth-order valence-corrected chi connectivity index (χ4v) is 1.39. The van der Waals surface area contributed by atoms with Gasteiger partial charge in [-0.05, 0) is 13.8 Å². The Kier molecular flexibility index (Phi) is 4.04. The Balaban J connectivity index is 2.88. The van der Waals surface area contributed by atoms with Crippen LogP contribution in [0.4, 0.5) is 0 Å². The van der Waals surface area contributed by atoms with E-state index in [9.17, 15) is 14.4 Å². The van der Waals surface area contributed by atoms with Gasteiger partial charge in [0, 0.05) is 25.2 Å². The number of likely N-dealkylation sites (N-methyl/N-ethyl adjacent to an activating group) is 1. The summed E-state index contributed by atoms with van der Waals surface area (Å²) in [4.78, 5) is 35.6. The third-order valence-corrected chi connectivity index (χ3v) is 2.30. The highest BCUT2D eigenvalue weighted by Crippen LogP contribution is 1.90. The molecule has 0 aromatic carbocycles. The molecule has 0 aliphatic carbocycles. The molecule has 0 unspecified atom stereocenters. The van der Waals surface area contributed by atoms with Gasteiger partial charge in [-0.3, -0.25) is 19.5 Å². The molecule has 0 spiro atoms. The van der Waals surface area contributed by atoms with Gasteiger partial charge in [0.25, 0.3) is 11.1 Å². The van der Waals surface area contributed by atoms with Crippen LogP contribution in [0.1, 0.15) is 13.8 Å². The molecule has 0 aliphatic rings. The summed E-state index contributed by atoms with van der Waals surface area (Å²) in [6.45, 7) is 4.76. The van der Waals surface area contributed by atoms with Gasteiger partial charge < -0.3 is 4.90 Å². The first-order valence-electron chi connectivity index (χ1n) is 5.16. The lowest BCUT2D eigenvalue weighted by atomic mass is 10.4. The molecular formula is C10H15N3O3. The number of rotatable bonds is 4. The first-order chi connectivity index (χ1) is 7.58. The predicted molar refractivity (Wildman–Crippen MR) is 59.3 cm³/mol. The van der Waals surface area contributed by atoms with Gasteiger partial charge in [-0.15, -0.1) is 0 Å². The van der Waals surface area contributed by atoms with Crippen molar-refractivity contribution in [1.82, 2.24) is 14.7 Å². The summed E-state index contributed by atoms with van der Waals surface area (Å²) in [7, 11) is 0. The Labute approximate surface area is 92.5 Å². The summed E-state index contributed by atoms with van der Waals surface area (Å²) < 4.78 is 1.02. The van der Waals surface area contributed by atoms with Crippen molar-refractivity contribution >= 4 is 5.91 Å². The second-order valence-corrected chi connectivity index (χ2v) is 3.30. The molecule has 1 rings (SSSR count). The zero-order valence-corrected chi connectivity index (χ0v) is 9.40. The third-order valence-electron chi connectivity index (χ3n) is 2.30. The number of carbonyl (C=O) groups excluding carboxylic acids is 1. The van der Waals surface area contributed by atoms with E-state index in [1.165, 1.54) is 0 Å². The van der Waals surface area contributed by atoms with Gasteiger partial charge in [0.2, 0.25) is 5.91 Å². The molecule has 0 saturated heterocycles. The quantitative estimate of drug-likeness (QED) is 0.743. The van der Waals surface area contributed by atoms with Crippen molar-refractivity contribution in [1.29, 1.82) is 0 Å². The molecule has 1 heterocycles.